The number of allylic oxidation sites excluding steroid dienone is 3. The molecule has 0 amide bonds. The summed E-state index contributed by atoms with van der Waals surface area (Å²) in [5.41, 5.74) is 1.06. The van der Waals surface area contributed by atoms with Gasteiger partial charge in [0, 0.05) is 32.7 Å². The number of alkyl halides is 2. The Kier molecular flexibility index (Phi) is 5.76. The first kappa shape index (κ1) is 14.0. The van der Waals surface area contributed by atoms with Gasteiger partial charge >= 0.3 is 0 Å². The monoisotopic (exact) mass is 273 g/mol. The Morgan fingerprint density at radius 3 is 2.57 bits per heavy atom. The summed E-state index contributed by atoms with van der Waals surface area (Å²) in [6, 6.07) is 0. The summed E-state index contributed by atoms with van der Waals surface area (Å²) in [5, 5.41) is 0. The van der Waals surface area contributed by atoms with Crippen LogP contribution in [0.2, 0.25) is 0 Å². The van der Waals surface area contributed by atoms with Crippen molar-refractivity contribution in [3.63, 3.8) is 0 Å². The van der Waals surface area contributed by atoms with Crippen molar-refractivity contribution in [3.8, 4) is 0 Å². The molecule has 1 nitrogen and oxygen atoms in total. The molecule has 0 aromatic heterocycles. The third kappa shape index (κ3) is 2.99. The molecule has 1 rings (SSSR count). The molecular formula is C10H12F2NY-. The van der Waals surface area contributed by atoms with Crippen LogP contribution >= 0.6 is 0 Å². The maximum atomic E-state index is 12.5. The van der Waals surface area contributed by atoms with Crippen molar-refractivity contribution in [1.29, 1.82) is 0 Å². The minimum atomic E-state index is -2.46. The van der Waals surface area contributed by atoms with Crippen LogP contribution in [0.15, 0.2) is 29.5 Å². The number of hydrogen-bond donors (Lipinski definition) is 0. The molecule has 1 aliphatic heterocycles. The van der Waals surface area contributed by atoms with E-state index in [0.717, 1.165) is 0 Å². The Hall–Kier alpha value is -0.0161. The summed E-state index contributed by atoms with van der Waals surface area (Å²) < 4.78 is 24.9. The first-order valence-electron chi connectivity index (χ1n) is 4.13. The SMILES string of the molecule is C=C1C(C(F)F)=CC(C)=[C-]N1CC.[Y]. The Morgan fingerprint density at radius 1 is 1.57 bits per heavy atom. The molecular weight excluding hydrogens is 261 g/mol. The van der Waals surface area contributed by atoms with Gasteiger partial charge in [-0.2, -0.15) is 6.08 Å². The number of hydrogen-bond acceptors (Lipinski definition) is 1. The van der Waals surface area contributed by atoms with Gasteiger partial charge in [0.2, 0.25) is 6.43 Å². The number of halogens is 2. The second kappa shape index (κ2) is 5.77. The largest absolute Gasteiger partial charge is 0.455 e. The molecule has 1 radical (unpaired) electrons. The van der Waals surface area contributed by atoms with E-state index in [0.29, 0.717) is 17.8 Å². The van der Waals surface area contributed by atoms with Gasteiger partial charge in [-0.25, -0.2) is 8.78 Å². The van der Waals surface area contributed by atoms with Crippen LogP contribution in [0.5, 0.6) is 0 Å². The molecule has 0 fully saturated rings. The van der Waals surface area contributed by atoms with Crippen molar-refractivity contribution in [3.05, 3.63) is 35.7 Å². The third-order valence-corrected chi connectivity index (χ3v) is 1.89. The number of rotatable bonds is 2. The fraction of sp³-hybridized carbons (Fsp3) is 0.400. The van der Waals surface area contributed by atoms with Crippen LogP contribution in [-0.2, 0) is 32.7 Å². The first-order chi connectivity index (χ1) is 6.06. The molecule has 0 aromatic rings. The van der Waals surface area contributed by atoms with E-state index in [9.17, 15) is 8.78 Å². The Labute approximate surface area is 108 Å². The molecule has 0 saturated heterocycles. The molecule has 4 heteroatoms. The summed E-state index contributed by atoms with van der Waals surface area (Å²) in [5.74, 6) is 0. The van der Waals surface area contributed by atoms with Crippen molar-refractivity contribution in [1.82, 2.24) is 4.90 Å². The van der Waals surface area contributed by atoms with Gasteiger partial charge in [-0.1, -0.05) is 24.4 Å². The fourth-order valence-electron chi connectivity index (χ4n) is 1.24. The Balaban J connectivity index is 0.00000169. The molecule has 0 bridgehead atoms. The van der Waals surface area contributed by atoms with E-state index in [1.54, 1.807) is 11.8 Å². The van der Waals surface area contributed by atoms with Gasteiger partial charge in [-0.05, 0) is 13.5 Å². The van der Waals surface area contributed by atoms with Crippen molar-refractivity contribution < 1.29 is 41.5 Å². The van der Waals surface area contributed by atoms with E-state index in [1.807, 2.05) is 6.92 Å². The summed E-state index contributed by atoms with van der Waals surface area (Å²) in [4.78, 5) is 1.61. The van der Waals surface area contributed by atoms with E-state index < -0.39 is 6.43 Å². The quantitative estimate of drug-likeness (QED) is 0.699. The van der Waals surface area contributed by atoms with Gasteiger partial charge in [-0.3, -0.25) is 0 Å². The molecule has 14 heavy (non-hydrogen) atoms. The van der Waals surface area contributed by atoms with Gasteiger partial charge in [0.05, 0.1) is 0 Å². The van der Waals surface area contributed by atoms with E-state index in [1.165, 1.54) is 6.08 Å². The molecule has 1 aliphatic rings. The summed E-state index contributed by atoms with van der Waals surface area (Å²) in [7, 11) is 0. The van der Waals surface area contributed by atoms with Gasteiger partial charge < -0.3 is 4.90 Å². The fourth-order valence-corrected chi connectivity index (χ4v) is 1.24. The van der Waals surface area contributed by atoms with E-state index in [4.69, 9.17) is 0 Å². The summed E-state index contributed by atoms with van der Waals surface area (Å²) >= 11 is 0. The molecule has 0 aliphatic carbocycles. The van der Waals surface area contributed by atoms with Crippen LogP contribution < -0.4 is 0 Å². The van der Waals surface area contributed by atoms with Gasteiger partial charge in [0.25, 0.3) is 0 Å². The minimum Gasteiger partial charge on any atom is -0.455 e. The smallest absolute Gasteiger partial charge is 0.244 e. The number of nitrogens with zero attached hydrogens (tertiary/aromatic N) is 1. The van der Waals surface area contributed by atoms with Crippen molar-refractivity contribution in [2.45, 2.75) is 20.3 Å². The topological polar surface area (TPSA) is 3.24 Å². The molecule has 0 saturated carbocycles. The zero-order valence-corrected chi connectivity index (χ0v) is 11.2. The van der Waals surface area contributed by atoms with Crippen molar-refractivity contribution in [2.75, 3.05) is 6.54 Å². The van der Waals surface area contributed by atoms with Crippen molar-refractivity contribution in [2.24, 2.45) is 0 Å². The second-order valence-corrected chi connectivity index (χ2v) is 2.89. The van der Waals surface area contributed by atoms with E-state index >= 15 is 0 Å². The normalized spacial score (nSPS) is 16.4. The van der Waals surface area contributed by atoms with Crippen LogP contribution in [0, 0.1) is 6.20 Å². The van der Waals surface area contributed by atoms with Gasteiger partial charge in [-0.15, -0.1) is 12.2 Å². The molecule has 0 aromatic carbocycles. The summed E-state index contributed by atoms with van der Waals surface area (Å²) in [6.45, 7) is 7.84. The van der Waals surface area contributed by atoms with Gasteiger partial charge in [0.15, 0.2) is 0 Å². The standard InChI is InChI=1S/C10H12F2N.Y/c1-4-13-6-7(2)5-9(8(13)3)10(11)12;/h5,10H,3-4H2,1-2H3;/q-1;. The maximum Gasteiger partial charge on any atom is 0.244 e. The average Bonchev–Trinajstić information content (AvgIpc) is 2.08. The Morgan fingerprint density at radius 2 is 2.14 bits per heavy atom. The third-order valence-electron chi connectivity index (χ3n) is 1.89. The zero-order chi connectivity index (χ0) is 10.0. The van der Waals surface area contributed by atoms with Crippen LogP contribution in [0.3, 0.4) is 0 Å². The van der Waals surface area contributed by atoms with Crippen LogP contribution in [0.25, 0.3) is 0 Å². The zero-order valence-electron chi connectivity index (χ0n) is 8.35. The van der Waals surface area contributed by atoms with Crippen LogP contribution in [0.4, 0.5) is 8.78 Å². The molecule has 75 valence electrons. The molecule has 0 N–H and O–H groups in total. The predicted molar refractivity (Wildman–Crippen MR) is 48.0 cm³/mol. The van der Waals surface area contributed by atoms with E-state index in [-0.39, 0.29) is 38.3 Å². The molecule has 1 heterocycles. The van der Waals surface area contributed by atoms with Crippen molar-refractivity contribution >= 4 is 0 Å². The molecule has 0 atom stereocenters. The Bertz CT molecular complexity index is 282. The summed E-state index contributed by atoms with van der Waals surface area (Å²) in [6.07, 6.45) is 1.91. The average molecular weight is 273 g/mol. The maximum absolute atomic E-state index is 12.5. The number of likely N-dealkylation sites (N-methyl/N-ethyl adjacent to an activating group) is 1. The van der Waals surface area contributed by atoms with Crippen LogP contribution in [-0.4, -0.2) is 17.9 Å². The van der Waals surface area contributed by atoms with Crippen LogP contribution in [0.1, 0.15) is 13.8 Å². The first-order valence-corrected chi connectivity index (χ1v) is 4.13. The minimum absolute atomic E-state index is 0. The van der Waals surface area contributed by atoms with Gasteiger partial charge in [0.1, 0.15) is 0 Å². The second-order valence-electron chi connectivity index (χ2n) is 2.89. The molecule has 0 spiro atoms. The molecule has 0 unspecified atom stereocenters. The predicted octanol–water partition coefficient (Wildman–Crippen LogP) is 2.73. The van der Waals surface area contributed by atoms with E-state index in [2.05, 4.69) is 12.8 Å².